The van der Waals surface area contributed by atoms with Crippen LogP contribution < -0.4 is 10.1 Å². The standard InChI is InChI=1S/C20H22N2O5/c1-2-26-20(23)10-7-14-13-15(22(24)25)8-9-17(14)21-18-11-12-27-19-6-4-3-5-16(18)19/h3-6,8-9,13,18,21H,2,7,10-12H2,1H3. The zero-order valence-corrected chi connectivity index (χ0v) is 15.1. The number of hydrogen-bond donors (Lipinski definition) is 1. The number of esters is 1. The Labute approximate surface area is 157 Å². The number of anilines is 1. The molecule has 0 bridgehead atoms. The van der Waals surface area contributed by atoms with Crippen LogP contribution in [0.15, 0.2) is 42.5 Å². The molecular formula is C20H22N2O5. The van der Waals surface area contributed by atoms with E-state index in [4.69, 9.17) is 9.47 Å². The molecule has 2 aromatic carbocycles. The van der Waals surface area contributed by atoms with E-state index in [9.17, 15) is 14.9 Å². The van der Waals surface area contributed by atoms with Gasteiger partial charge in [-0.15, -0.1) is 0 Å². The summed E-state index contributed by atoms with van der Waals surface area (Å²) in [5.74, 6) is 0.530. The van der Waals surface area contributed by atoms with Crippen molar-refractivity contribution in [2.75, 3.05) is 18.5 Å². The Hall–Kier alpha value is -3.09. The Morgan fingerprint density at radius 1 is 1.33 bits per heavy atom. The van der Waals surface area contributed by atoms with E-state index < -0.39 is 4.92 Å². The summed E-state index contributed by atoms with van der Waals surface area (Å²) < 4.78 is 10.7. The Morgan fingerprint density at radius 3 is 2.93 bits per heavy atom. The van der Waals surface area contributed by atoms with Gasteiger partial charge in [0.15, 0.2) is 0 Å². The molecule has 1 aliphatic heterocycles. The van der Waals surface area contributed by atoms with E-state index in [2.05, 4.69) is 5.32 Å². The number of rotatable bonds is 7. The smallest absolute Gasteiger partial charge is 0.306 e. The minimum atomic E-state index is -0.429. The summed E-state index contributed by atoms with van der Waals surface area (Å²) in [7, 11) is 0. The highest BCUT2D eigenvalue weighted by atomic mass is 16.6. The number of nitro groups is 1. The molecule has 1 unspecified atom stereocenters. The number of ether oxygens (including phenoxy) is 2. The van der Waals surface area contributed by atoms with Crippen molar-refractivity contribution in [1.29, 1.82) is 0 Å². The number of nitrogens with one attached hydrogen (secondary N) is 1. The van der Waals surface area contributed by atoms with Gasteiger partial charge in [0.1, 0.15) is 5.75 Å². The summed E-state index contributed by atoms with van der Waals surface area (Å²) in [6, 6.07) is 12.6. The number of fused-ring (bicyclic) bond motifs is 1. The molecule has 0 amide bonds. The first-order valence-electron chi connectivity index (χ1n) is 8.99. The molecular weight excluding hydrogens is 348 g/mol. The maximum atomic E-state index is 11.7. The first kappa shape index (κ1) is 18.7. The van der Waals surface area contributed by atoms with Crippen LogP contribution in [0.1, 0.15) is 36.9 Å². The third kappa shape index (κ3) is 4.55. The Balaban J connectivity index is 1.84. The van der Waals surface area contributed by atoms with Crippen LogP contribution in [0.2, 0.25) is 0 Å². The van der Waals surface area contributed by atoms with E-state index >= 15 is 0 Å². The molecule has 1 aliphatic rings. The van der Waals surface area contributed by atoms with Gasteiger partial charge >= 0.3 is 5.97 Å². The van der Waals surface area contributed by atoms with Crippen LogP contribution in [0.3, 0.4) is 0 Å². The van der Waals surface area contributed by atoms with Crippen LogP contribution in [0.4, 0.5) is 11.4 Å². The van der Waals surface area contributed by atoms with E-state index in [1.807, 2.05) is 24.3 Å². The van der Waals surface area contributed by atoms with Gasteiger partial charge in [-0.1, -0.05) is 18.2 Å². The van der Waals surface area contributed by atoms with Crippen LogP contribution in [0, 0.1) is 10.1 Å². The average molecular weight is 370 g/mol. The van der Waals surface area contributed by atoms with Crippen LogP contribution >= 0.6 is 0 Å². The number of nitrogens with zero attached hydrogens (tertiary/aromatic N) is 1. The lowest BCUT2D eigenvalue weighted by molar-refractivity contribution is -0.384. The third-order valence-electron chi connectivity index (χ3n) is 4.49. The van der Waals surface area contributed by atoms with Gasteiger partial charge in [-0.05, 0) is 31.0 Å². The number of carbonyl (C=O) groups excluding carboxylic acids is 1. The van der Waals surface area contributed by atoms with Crippen molar-refractivity contribution in [3.05, 3.63) is 63.7 Å². The first-order chi connectivity index (χ1) is 13.1. The lowest BCUT2D eigenvalue weighted by Crippen LogP contribution is -2.21. The van der Waals surface area contributed by atoms with Crippen molar-refractivity contribution >= 4 is 17.3 Å². The van der Waals surface area contributed by atoms with E-state index in [0.717, 1.165) is 29.0 Å². The van der Waals surface area contributed by atoms with Gasteiger partial charge in [-0.25, -0.2) is 0 Å². The molecule has 0 saturated carbocycles. The van der Waals surface area contributed by atoms with Crippen molar-refractivity contribution in [2.45, 2.75) is 32.2 Å². The predicted molar refractivity (Wildman–Crippen MR) is 101 cm³/mol. The molecule has 0 aliphatic carbocycles. The third-order valence-corrected chi connectivity index (χ3v) is 4.49. The van der Waals surface area contributed by atoms with Gasteiger partial charge in [-0.3, -0.25) is 14.9 Å². The molecule has 0 aromatic heterocycles. The van der Waals surface area contributed by atoms with E-state index in [0.29, 0.717) is 19.6 Å². The lowest BCUT2D eigenvalue weighted by Gasteiger charge is -2.28. The molecule has 0 saturated heterocycles. The van der Waals surface area contributed by atoms with Gasteiger partial charge in [0.2, 0.25) is 0 Å². The highest BCUT2D eigenvalue weighted by molar-refractivity contribution is 5.70. The highest BCUT2D eigenvalue weighted by Crippen LogP contribution is 2.35. The number of hydrogen-bond acceptors (Lipinski definition) is 6. The molecule has 3 rings (SSSR count). The largest absolute Gasteiger partial charge is 0.493 e. The Bertz CT molecular complexity index is 837. The normalized spacial score (nSPS) is 15.4. The zero-order chi connectivity index (χ0) is 19.2. The summed E-state index contributed by atoms with van der Waals surface area (Å²) in [4.78, 5) is 22.4. The topological polar surface area (TPSA) is 90.7 Å². The summed E-state index contributed by atoms with van der Waals surface area (Å²) in [6.07, 6.45) is 1.33. The van der Waals surface area contributed by atoms with Crippen LogP contribution in [-0.4, -0.2) is 24.1 Å². The maximum absolute atomic E-state index is 11.7. The fraction of sp³-hybridized carbons (Fsp3) is 0.350. The van der Waals surface area contributed by atoms with E-state index in [-0.39, 0.29) is 24.1 Å². The molecule has 7 heteroatoms. The molecule has 1 N–H and O–H groups in total. The minimum absolute atomic E-state index is 0.00628. The highest BCUT2D eigenvalue weighted by Gasteiger charge is 2.22. The monoisotopic (exact) mass is 370 g/mol. The Morgan fingerprint density at radius 2 is 2.15 bits per heavy atom. The number of nitro benzene ring substituents is 1. The van der Waals surface area contributed by atoms with Crippen molar-refractivity contribution in [3.8, 4) is 5.75 Å². The van der Waals surface area contributed by atoms with Crippen molar-refractivity contribution in [1.82, 2.24) is 0 Å². The quantitative estimate of drug-likeness (QED) is 0.450. The lowest BCUT2D eigenvalue weighted by atomic mass is 9.99. The molecule has 2 aromatic rings. The zero-order valence-electron chi connectivity index (χ0n) is 15.1. The summed E-state index contributed by atoms with van der Waals surface area (Å²) >= 11 is 0. The van der Waals surface area contributed by atoms with Gasteiger partial charge in [0, 0.05) is 36.2 Å². The summed E-state index contributed by atoms with van der Waals surface area (Å²) in [6.45, 7) is 2.67. The number of aryl methyl sites for hydroxylation is 1. The molecule has 0 fully saturated rings. The molecule has 0 radical (unpaired) electrons. The summed E-state index contributed by atoms with van der Waals surface area (Å²) in [5, 5.41) is 14.6. The number of para-hydroxylation sites is 1. The van der Waals surface area contributed by atoms with Gasteiger partial charge in [-0.2, -0.15) is 0 Å². The predicted octanol–water partition coefficient (Wildman–Crippen LogP) is 4.03. The van der Waals surface area contributed by atoms with Crippen LogP contribution in [-0.2, 0) is 16.0 Å². The molecule has 1 atom stereocenters. The SMILES string of the molecule is CCOC(=O)CCc1cc([N+](=O)[O-])ccc1NC1CCOc2ccccc21. The average Bonchev–Trinajstić information content (AvgIpc) is 2.67. The van der Waals surface area contributed by atoms with Gasteiger partial charge < -0.3 is 14.8 Å². The van der Waals surface area contributed by atoms with Crippen LogP contribution in [0.5, 0.6) is 5.75 Å². The van der Waals surface area contributed by atoms with Crippen molar-refractivity contribution < 1.29 is 19.2 Å². The molecule has 0 spiro atoms. The fourth-order valence-corrected chi connectivity index (χ4v) is 3.19. The Kier molecular flexibility index (Phi) is 5.90. The number of non-ortho nitro benzene ring substituents is 1. The first-order valence-corrected chi connectivity index (χ1v) is 8.99. The number of carbonyl (C=O) groups is 1. The van der Waals surface area contributed by atoms with Crippen molar-refractivity contribution in [3.63, 3.8) is 0 Å². The second-order valence-corrected chi connectivity index (χ2v) is 6.28. The molecule has 142 valence electrons. The summed E-state index contributed by atoms with van der Waals surface area (Å²) in [5.41, 5.74) is 2.57. The molecule has 7 nitrogen and oxygen atoms in total. The van der Waals surface area contributed by atoms with E-state index in [1.54, 1.807) is 13.0 Å². The van der Waals surface area contributed by atoms with Gasteiger partial charge in [0.05, 0.1) is 24.2 Å². The van der Waals surface area contributed by atoms with Gasteiger partial charge in [0.25, 0.3) is 5.69 Å². The minimum Gasteiger partial charge on any atom is -0.493 e. The maximum Gasteiger partial charge on any atom is 0.306 e. The van der Waals surface area contributed by atoms with Crippen LogP contribution in [0.25, 0.3) is 0 Å². The second-order valence-electron chi connectivity index (χ2n) is 6.28. The van der Waals surface area contributed by atoms with Crippen molar-refractivity contribution in [2.24, 2.45) is 0 Å². The second kappa shape index (κ2) is 8.53. The molecule has 1 heterocycles. The number of benzene rings is 2. The fourth-order valence-electron chi connectivity index (χ4n) is 3.19. The van der Waals surface area contributed by atoms with E-state index in [1.165, 1.54) is 12.1 Å². The molecule has 27 heavy (non-hydrogen) atoms.